The molecule has 0 radical (unpaired) electrons. The van der Waals surface area contributed by atoms with Gasteiger partial charge >= 0.3 is 6.18 Å². The van der Waals surface area contributed by atoms with Gasteiger partial charge in [0.25, 0.3) is 0 Å². The second-order valence-corrected chi connectivity index (χ2v) is 4.20. The number of para-hydroxylation sites is 2. The Morgan fingerprint density at radius 3 is 2.48 bits per heavy atom. The number of halogens is 3. The zero-order valence-electron chi connectivity index (χ0n) is 11.3. The molecule has 2 rings (SSSR count). The molecule has 0 spiro atoms. The van der Waals surface area contributed by atoms with E-state index < -0.39 is 12.0 Å². The molecule has 1 heterocycles. The Hall–Kier alpha value is -2.51. The van der Waals surface area contributed by atoms with Crippen molar-refractivity contribution < 1.29 is 17.9 Å². The largest absolute Gasteiger partial charge is 0.495 e. The Labute approximate surface area is 119 Å². The van der Waals surface area contributed by atoms with E-state index in [2.05, 4.69) is 9.97 Å². The fraction of sp³-hybridized carbons (Fsp3) is 0.231. The van der Waals surface area contributed by atoms with E-state index >= 15 is 0 Å². The minimum Gasteiger partial charge on any atom is -0.495 e. The lowest BCUT2D eigenvalue weighted by molar-refractivity contribution is -0.144. The summed E-state index contributed by atoms with van der Waals surface area (Å²) in [6, 6.07) is 8.16. The van der Waals surface area contributed by atoms with Crippen molar-refractivity contribution in [1.29, 1.82) is 0 Å². The average Bonchev–Trinajstić information content (AvgIpc) is 2.45. The van der Waals surface area contributed by atoms with Gasteiger partial charge in [0, 0.05) is 13.1 Å². The summed E-state index contributed by atoms with van der Waals surface area (Å²) >= 11 is 0. The first-order valence-electron chi connectivity index (χ1n) is 5.91. The lowest BCUT2D eigenvalue weighted by Crippen LogP contribution is -2.18. The molecule has 2 N–H and O–H groups in total. The van der Waals surface area contributed by atoms with Crippen molar-refractivity contribution in [3.05, 3.63) is 36.2 Å². The molecule has 0 amide bonds. The molecular weight excluding hydrogens is 285 g/mol. The number of rotatable bonds is 3. The van der Waals surface area contributed by atoms with Gasteiger partial charge in [-0.25, -0.2) is 9.97 Å². The summed E-state index contributed by atoms with van der Waals surface area (Å²) in [4.78, 5) is 8.17. The number of benzene rings is 1. The van der Waals surface area contributed by atoms with Crippen LogP contribution in [0.3, 0.4) is 0 Å². The number of nitrogens with two attached hydrogens (primary N) is 1. The topological polar surface area (TPSA) is 64.3 Å². The van der Waals surface area contributed by atoms with Gasteiger partial charge in [0.2, 0.25) is 5.82 Å². The van der Waals surface area contributed by atoms with Crippen molar-refractivity contribution >= 4 is 17.3 Å². The summed E-state index contributed by atoms with van der Waals surface area (Å²) in [6.07, 6.45) is -4.66. The van der Waals surface area contributed by atoms with Crippen molar-refractivity contribution in [3.63, 3.8) is 0 Å². The fourth-order valence-electron chi connectivity index (χ4n) is 1.78. The number of methoxy groups -OCH3 is 1. The molecule has 0 fully saturated rings. The van der Waals surface area contributed by atoms with Gasteiger partial charge in [0.1, 0.15) is 17.4 Å². The monoisotopic (exact) mass is 298 g/mol. The summed E-state index contributed by atoms with van der Waals surface area (Å²) in [5.41, 5.74) is 5.99. The highest BCUT2D eigenvalue weighted by Gasteiger charge is 2.35. The standard InChI is InChI=1S/C13H13F3N4O/c1-20(8-5-3-4-6-9(8)21-2)11-7-10(17)18-12(19-11)13(14,15)16/h3-7H,1-2H3,(H2,17,18,19). The highest BCUT2D eigenvalue weighted by Crippen LogP contribution is 2.33. The fourth-order valence-corrected chi connectivity index (χ4v) is 1.78. The first-order valence-corrected chi connectivity index (χ1v) is 5.91. The van der Waals surface area contributed by atoms with Crippen LogP contribution in [-0.2, 0) is 6.18 Å². The number of nitrogen functional groups attached to an aromatic ring is 1. The van der Waals surface area contributed by atoms with E-state index in [-0.39, 0.29) is 11.6 Å². The third-order valence-electron chi connectivity index (χ3n) is 2.78. The predicted octanol–water partition coefficient (Wildman–Crippen LogP) is 2.85. The maximum absolute atomic E-state index is 12.7. The third kappa shape index (κ3) is 3.15. The molecule has 8 heteroatoms. The second kappa shape index (κ2) is 5.47. The average molecular weight is 298 g/mol. The maximum Gasteiger partial charge on any atom is 0.451 e. The van der Waals surface area contributed by atoms with Crippen LogP contribution >= 0.6 is 0 Å². The second-order valence-electron chi connectivity index (χ2n) is 4.20. The summed E-state index contributed by atoms with van der Waals surface area (Å²) in [7, 11) is 3.04. The first-order chi connectivity index (χ1) is 9.82. The van der Waals surface area contributed by atoms with Gasteiger partial charge < -0.3 is 15.4 Å². The van der Waals surface area contributed by atoms with Crippen LogP contribution in [-0.4, -0.2) is 24.1 Å². The summed E-state index contributed by atoms with van der Waals surface area (Å²) in [5, 5.41) is 0. The Bertz CT molecular complexity index is 646. The van der Waals surface area contributed by atoms with E-state index in [0.717, 1.165) is 0 Å². The predicted molar refractivity (Wildman–Crippen MR) is 72.5 cm³/mol. The van der Waals surface area contributed by atoms with E-state index in [1.54, 1.807) is 31.3 Å². The Morgan fingerprint density at radius 1 is 1.19 bits per heavy atom. The van der Waals surface area contributed by atoms with E-state index in [1.165, 1.54) is 18.1 Å². The summed E-state index contributed by atoms with van der Waals surface area (Å²) in [5.74, 6) is -1.00. The molecule has 0 aliphatic heterocycles. The SMILES string of the molecule is COc1ccccc1N(C)c1cc(N)nc(C(F)(F)F)n1. The lowest BCUT2D eigenvalue weighted by atomic mass is 10.2. The highest BCUT2D eigenvalue weighted by molar-refractivity contribution is 5.67. The van der Waals surface area contributed by atoms with Gasteiger partial charge in [-0.3, -0.25) is 0 Å². The Kier molecular flexibility index (Phi) is 3.88. The summed E-state index contributed by atoms with van der Waals surface area (Å²) in [6.45, 7) is 0. The smallest absolute Gasteiger partial charge is 0.451 e. The minimum absolute atomic E-state index is 0.0272. The molecule has 1 aromatic heterocycles. The normalized spacial score (nSPS) is 11.3. The van der Waals surface area contributed by atoms with Crippen LogP contribution in [0, 0.1) is 0 Å². The van der Waals surface area contributed by atoms with Crippen LogP contribution < -0.4 is 15.4 Å². The van der Waals surface area contributed by atoms with Gasteiger partial charge in [-0.05, 0) is 12.1 Å². The molecule has 0 atom stereocenters. The first kappa shape index (κ1) is 14.9. The van der Waals surface area contributed by atoms with Crippen molar-refractivity contribution in [3.8, 4) is 5.75 Å². The van der Waals surface area contributed by atoms with Crippen LogP contribution in [0.4, 0.5) is 30.5 Å². The van der Waals surface area contributed by atoms with Crippen molar-refractivity contribution in [2.24, 2.45) is 0 Å². The highest BCUT2D eigenvalue weighted by atomic mass is 19.4. The van der Waals surface area contributed by atoms with Gasteiger partial charge in [0.05, 0.1) is 12.8 Å². The minimum atomic E-state index is -4.66. The molecule has 1 aromatic carbocycles. The van der Waals surface area contributed by atoms with Gasteiger partial charge in [0.15, 0.2) is 0 Å². The van der Waals surface area contributed by atoms with E-state index in [9.17, 15) is 13.2 Å². The molecule has 21 heavy (non-hydrogen) atoms. The Morgan fingerprint density at radius 2 is 1.86 bits per heavy atom. The molecule has 112 valence electrons. The Balaban J connectivity index is 2.48. The van der Waals surface area contributed by atoms with Crippen molar-refractivity contribution in [1.82, 2.24) is 9.97 Å². The molecule has 5 nitrogen and oxygen atoms in total. The number of ether oxygens (including phenoxy) is 1. The number of alkyl halides is 3. The lowest BCUT2D eigenvalue weighted by Gasteiger charge is -2.21. The molecule has 2 aromatic rings. The molecule has 0 bridgehead atoms. The zero-order valence-corrected chi connectivity index (χ0v) is 11.3. The number of nitrogens with zero attached hydrogens (tertiary/aromatic N) is 3. The molecule has 0 saturated carbocycles. The summed E-state index contributed by atoms with van der Waals surface area (Å²) < 4.78 is 43.4. The molecule has 0 unspecified atom stereocenters. The number of hydrogen-bond donors (Lipinski definition) is 1. The molecular formula is C13H13F3N4O. The van der Waals surface area contributed by atoms with E-state index in [1.807, 2.05) is 0 Å². The zero-order chi connectivity index (χ0) is 15.6. The molecule has 0 aliphatic carbocycles. The van der Waals surface area contributed by atoms with Crippen LogP contribution in [0.2, 0.25) is 0 Å². The molecule has 0 aliphatic rings. The number of anilines is 3. The van der Waals surface area contributed by atoms with E-state index in [0.29, 0.717) is 11.4 Å². The van der Waals surface area contributed by atoms with Gasteiger partial charge in [-0.1, -0.05) is 12.1 Å². The van der Waals surface area contributed by atoms with Gasteiger partial charge in [-0.2, -0.15) is 13.2 Å². The van der Waals surface area contributed by atoms with E-state index in [4.69, 9.17) is 10.5 Å². The third-order valence-corrected chi connectivity index (χ3v) is 2.78. The maximum atomic E-state index is 12.7. The number of hydrogen-bond acceptors (Lipinski definition) is 5. The van der Waals surface area contributed by atoms with Crippen LogP contribution in [0.1, 0.15) is 5.82 Å². The van der Waals surface area contributed by atoms with Crippen molar-refractivity contribution in [2.75, 3.05) is 24.8 Å². The number of aromatic nitrogens is 2. The van der Waals surface area contributed by atoms with Crippen molar-refractivity contribution in [2.45, 2.75) is 6.18 Å². The van der Waals surface area contributed by atoms with Crippen LogP contribution in [0.25, 0.3) is 0 Å². The van der Waals surface area contributed by atoms with Crippen LogP contribution in [0.15, 0.2) is 30.3 Å². The molecule has 0 saturated heterocycles. The quantitative estimate of drug-likeness (QED) is 0.944. The van der Waals surface area contributed by atoms with Crippen LogP contribution in [0.5, 0.6) is 5.75 Å². The van der Waals surface area contributed by atoms with Gasteiger partial charge in [-0.15, -0.1) is 0 Å².